The van der Waals surface area contributed by atoms with Crippen molar-refractivity contribution in [3.05, 3.63) is 47.5 Å². The number of hydrogen-bond donors (Lipinski definition) is 0. The zero-order valence-corrected chi connectivity index (χ0v) is 9.10. The second kappa shape index (κ2) is 7.11. The molecule has 0 aromatic heterocycles. The van der Waals surface area contributed by atoms with Crippen molar-refractivity contribution in [2.45, 2.75) is 19.8 Å². The molecule has 0 nitrogen and oxygen atoms in total. The van der Waals surface area contributed by atoms with E-state index in [-0.39, 0.29) is 0 Å². The van der Waals surface area contributed by atoms with E-state index in [0.717, 1.165) is 17.3 Å². The molecule has 0 rings (SSSR count). The third-order valence-corrected chi connectivity index (χ3v) is 2.32. The van der Waals surface area contributed by atoms with Crippen LogP contribution in [0.2, 0.25) is 0 Å². The van der Waals surface area contributed by atoms with Gasteiger partial charge in [-0.25, -0.2) is 0 Å². The maximum absolute atomic E-state index is 3.70. The second-order valence-electron chi connectivity index (χ2n) is 2.36. The first-order chi connectivity index (χ1) is 5.76. The molecule has 12 heavy (non-hydrogen) atoms. The Kier molecular flexibility index (Phi) is 6.78. The summed E-state index contributed by atoms with van der Waals surface area (Å²) in [4.78, 5) is 0. The van der Waals surface area contributed by atoms with Crippen LogP contribution in [-0.2, 0) is 0 Å². The van der Waals surface area contributed by atoms with Gasteiger partial charge in [0.1, 0.15) is 0 Å². The summed E-state index contributed by atoms with van der Waals surface area (Å²) >= 11 is 3.44. The highest BCUT2D eigenvalue weighted by molar-refractivity contribution is 9.11. The second-order valence-corrected chi connectivity index (χ2v) is 3.21. The Hall–Kier alpha value is -0.560. The van der Waals surface area contributed by atoms with E-state index in [9.17, 15) is 0 Å². The van der Waals surface area contributed by atoms with E-state index in [1.165, 1.54) is 5.57 Å². The molecule has 0 aliphatic carbocycles. The molecule has 0 aliphatic rings. The van der Waals surface area contributed by atoms with Gasteiger partial charge in [-0.1, -0.05) is 53.7 Å². The van der Waals surface area contributed by atoms with Crippen LogP contribution in [-0.4, -0.2) is 0 Å². The van der Waals surface area contributed by atoms with E-state index in [0.29, 0.717) is 0 Å². The van der Waals surface area contributed by atoms with Gasteiger partial charge in [-0.2, -0.15) is 0 Å². The van der Waals surface area contributed by atoms with Crippen molar-refractivity contribution in [3.8, 4) is 0 Å². The van der Waals surface area contributed by atoms with Crippen LogP contribution in [0.3, 0.4) is 0 Å². The van der Waals surface area contributed by atoms with Gasteiger partial charge < -0.3 is 0 Å². The van der Waals surface area contributed by atoms with E-state index in [2.05, 4.69) is 48.2 Å². The molecule has 0 heterocycles. The Labute approximate surface area is 83.5 Å². The molecule has 0 aliphatic heterocycles. The molecule has 0 saturated heterocycles. The van der Waals surface area contributed by atoms with Crippen molar-refractivity contribution in [3.63, 3.8) is 0 Å². The molecule has 66 valence electrons. The van der Waals surface area contributed by atoms with Crippen LogP contribution in [0.4, 0.5) is 0 Å². The Balaban J connectivity index is 4.35. The Morgan fingerprint density at radius 3 is 2.50 bits per heavy atom. The first-order valence-corrected chi connectivity index (χ1v) is 4.84. The Bertz CT molecular complexity index is 209. The minimum Gasteiger partial charge on any atom is -0.103 e. The van der Waals surface area contributed by atoms with Crippen LogP contribution in [0, 0.1) is 0 Å². The third kappa shape index (κ3) is 4.35. The molecule has 0 N–H and O–H groups in total. The molecule has 0 fully saturated rings. The fourth-order valence-electron chi connectivity index (χ4n) is 0.804. The smallest absolute Gasteiger partial charge is 0.0201 e. The monoisotopic (exact) mass is 226 g/mol. The highest BCUT2D eigenvalue weighted by atomic mass is 79.9. The van der Waals surface area contributed by atoms with Gasteiger partial charge in [0.25, 0.3) is 0 Å². The molecule has 0 saturated carbocycles. The number of hydrogen-bond acceptors (Lipinski definition) is 0. The van der Waals surface area contributed by atoms with Gasteiger partial charge in [-0.3, -0.25) is 0 Å². The van der Waals surface area contributed by atoms with Crippen molar-refractivity contribution >= 4 is 15.9 Å². The molecule has 0 amide bonds. The molecule has 0 aromatic carbocycles. The summed E-state index contributed by atoms with van der Waals surface area (Å²) < 4.78 is 1.07. The van der Waals surface area contributed by atoms with Crippen LogP contribution in [0.15, 0.2) is 47.5 Å². The predicted octanol–water partition coefficient (Wildman–Crippen LogP) is 4.36. The van der Waals surface area contributed by atoms with Gasteiger partial charge in [0.05, 0.1) is 0 Å². The van der Waals surface area contributed by atoms with Gasteiger partial charge in [-0.05, 0) is 18.4 Å². The molecule has 0 spiro atoms. The quantitative estimate of drug-likeness (QED) is 0.483. The lowest BCUT2D eigenvalue weighted by Crippen LogP contribution is -1.77. The molecular weight excluding hydrogens is 212 g/mol. The zero-order chi connectivity index (χ0) is 9.40. The maximum atomic E-state index is 3.70. The highest BCUT2D eigenvalue weighted by Crippen LogP contribution is 2.17. The minimum absolute atomic E-state index is 0.918. The van der Waals surface area contributed by atoms with E-state index in [1.807, 2.05) is 12.2 Å². The summed E-state index contributed by atoms with van der Waals surface area (Å²) in [6, 6.07) is 0. The van der Waals surface area contributed by atoms with Gasteiger partial charge in [0.15, 0.2) is 0 Å². The molecule has 0 radical (unpaired) electrons. The van der Waals surface area contributed by atoms with Gasteiger partial charge >= 0.3 is 0 Å². The van der Waals surface area contributed by atoms with Gasteiger partial charge in [-0.15, -0.1) is 6.58 Å². The zero-order valence-electron chi connectivity index (χ0n) is 7.52. The van der Waals surface area contributed by atoms with Crippen molar-refractivity contribution in [2.75, 3.05) is 0 Å². The van der Waals surface area contributed by atoms with Crippen LogP contribution in [0.25, 0.3) is 0 Å². The van der Waals surface area contributed by atoms with Crippen molar-refractivity contribution < 1.29 is 0 Å². The lowest BCUT2D eigenvalue weighted by Gasteiger charge is -1.98. The Morgan fingerprint density at radius 1 is 1.42 bits per heavy atom. The average molecular weight is 227 g/mol. The van der Waals surface area contributed by atoms with E-state index in [1.54, 1.807) is 0 Å². The third-order valence-electron chi connectivity index (χ3n) is 1.49. The summed E-state index contributed by atoms with van der Waals surface area (Å²) in [5.74, 6) is 0. The van der Waals surface area contributed by atoms with Gasteiger partial charge in [0.2, 0.25) is 0 Å². The van der Waals surface area contributed by atoms with E-state index in [4.69, 9.17) is 0 Å². The fourth-order valence-corrected chi connectivity index (χ4v) is 1.22. The molecule has 1 heteroatoms. The first kappa shape index (κ1) is 11.4. The predicted molar refractivity (Wildman–Crippen MR) is 60.4 cm³/mol. The molecule has 0 unspecified atom stereocenters. The SMILES string of the molecule is C=CC/C=C\C(CC)=C(\Br)C=C. The summed E-state index contributed by atoms with van der Waals surface area (Å²) in [6.07, 6.45) is 9.83. The van der Waals surface area contributed by atoms with E-state index < -0.39 is 0 Å². The topological polar surface area (TPSA) is 0 Å². The molecule has 0 atom stereocenters. The van der Waals surface area contributed by atoms with Crippen LogP contribution in [0.1, 0.15) is 19.8 Å². The maximum Gasteiger partial charge on any atom is 0.0201 e. The summed E-state index contributed by atoms with van der Waals surface area (Å²) in [7, 11) is 0. The number of halogens is 1. The van der Waals surface area contributed by atoms with Crippen LogP contribution < -0.4 is 0 Å². The molecule has 0 aromatic rings. The van der Waals surface area contributed by atoms with E-state index >= 15 is 0 Å². The van der Waals surface area contributed by atoms with Crippen LogP contribution >= 0.6 is 15.9 Å². The number of rotatable bonds is 5. The fraction of sp³-hybridized carbons (Fsp3) is 0.273. The molecule has 0 bridgehead atoms. The summed E-state index contributed by atoms with van der Waals surface area (Å²) in [6.45, 7) is 9.47. The van der Waals surface area contributed by atoms with Crippen LogP contribution in [0.5, 0.6) is 0 Å². The lowest BCUT2D eigenvalue weighted by atomic mass is 10.1. The minimum atomic E-state index is 0.918. The summed E-state index contributed by atoms with van der Waals surface area (Å²) in [5.41, 5.74) is 1.27. The lowest BCUT2D eigenvalue weighted by molar-refractivity contribution is 1.14. The standard InChI is InChI=1S/C11H15Br/c1-4-7-8-9-10(5-2)11(12)6-3/h4,6,8-9H,1,3,5,7H2,2H3/b9-8-,11-10+. The van der Waals surface area contributed by atoms with Gasteiger partial charge in [0, 0.05) is 4.48 Å². The average Bonchev–Trinajstić information content (AvgIpc) is 2.11. The molecular formula is C11H15Br. The largest absolute Gasteiger partial charge is 0.103 e. The Morgan fingerprint density at radius 2 is 2.08 bits per heavy atom. The summed E-state index contributed by atoms with van der Waals surface area (Å²) in [5, 5.41) is 0. The highest BCUT2D eigenvalue weighted by Gasteiger charge is 1.92. The van der Waals surface area contributed by atoms with Crippen molar-refractivity contribution in [2.24, 2.45) is 0 Å². The number of allylic oxidation sites excluding steroid dienone is 6. The normalized spacial score (nSPS) is 12.8. The van der Waals surface area contributed by atoms with Crippen molar-refractivity contribution in [1.82, 2.24) is 0 Å². The first-order valence-electron chi connectivity index (χ1n) is 4.04. The van der Waals surface area contributed by atoms with Crippen molar-refractivity contribution in [1.29, 1.82) is 0 Å².